The Labute approximate surface area is 110 Å². The molecule has 0 spiro atoms. The third-order valence-corrected chi connectivity index (χ3v) is 2.91. The molecular formula is C16H22O2. The maximum atomic E-state index is 12.1. The van der Waals surface area contributed by atoms with Crippen LogP contribution in [0.15, 0.2) is 36.4 Å². The van der Waals surface area contributed by atoms with E-state index < -0.39 is 6.10 Å². The standard InChI is InChI=1S/C16H22O2/c1-5-14-6-8-15(9-7-14)16(17)13(4)18-11-10-12(2)3/h6-9,13H,2,5,10-11H2,1,3-4H3. The van der Waals surface area contributed by atoms with E-state index in [1.165, 1.54) is 5.56 Å². The fraction of sp³-hybridized carbons (Fsp3) is 0.438. The second-order valence-electron chi connectivity index (χ2n) is 4.63. The van der Waals surface area contributed by atoms with Gasteiger partial charge in [0.05, 0.1) is 6.61 Å². The first-order chi connectivity index (χ1) is 8.54. The summed E-state index contributed by atoms with van der Waals surface area (Å²) in [4.78, 5) is 12.1. The molecule has 0 fully saturated rings. The number of carbonyl (C=O) groups excluding carboxylic acids is 1. The van der Waals surface area contributed by atoms with Gasteiger partial charge in [0.1, 0.15) is 6.10 Å². The molecule has 0 N–H and O–H groups in total. The molecule has 0 saturated heterocycles. The van der Waals surface area contributed by atoms with Crippen molar-refractivity contribution < 1.29 is 9.53 Å². The van der Waals surface area contributed by atoms with Gasteiger partial charge in [-0.05, 0) is 32.3 Å². The third kappa shape index (κ3) is 4.46. The van der Waals surface area contributed by atoms with Crippen molar-refractivity contribution in [3.63, 3.8) is 0 Å². The Morgan fingerprint density at radius 3 is 2.44 bits per heavy atom. The molecule has 0 aromatic heterocycles. The molecule has 0 saturated carbocycles. The topological polar surface area (TPSA) is 26.3 Å². The molecular weight excluding hydrogens is 224 g/mol. The van der Waals surface area contributed by atoms with Crippen LogP contribution in [0.25, 0.3) is 0 Å². The van der Waals surface area contributed by atoms with Crippen LogP contribution in [0.5, 0.6) is 0 Å². The largest absolute Gasteiger partial charge is 0.370 e. The first-order valence-corrected chi connectivity index (χ1v) is 6.43. The van der Waals surface area contributed by atoms with Gasteiger partial charge >= 0.3 is 0 Å². The second kappa shape index (κ2) is 7.12. The number of rotatable bonds is 7. The zero-order chi connectivity index (χ0) is 13.5. The molecule has 0 heterocycles. The zero-order valence-corrected chi connectivity index (χ0v) is 11.5. The molecule has 1 atom stereocenters. The fourth-order valence-corrected chi connectivity index (χ4v) is 1.63. The minimum atomic E-state index is -0.392. The van der Waals surface area contributed by atoms with Crippen LogP contribution in [0.4, 0.5) is 0 Å². The van der Waals surface area contributed by atoms with E-state index in [0.717, 1.165) is 24.0 Å². The summed E-state index contributed by atoms with van der Waals surface area (Å²) >= 11 is 0. The lowest BCUT2D eigenvalue weighted by Crippen LogP contribution is -2.21. The van der Waals surface area contributed by atoms with E-state index in [4.69, 9.17) is 4.74 Å². The lowest BCUT2D eigenvalue weighted by Gasteiger charge is -2.12. The van der Waals surface area contributed by atoms with Crippen LogP contribution in [0.1, 0.15) is 43.1 Å². The number of carbonyl (C=O) groups is 1. The van der Waals surface area contributed by atoms with E-state index in [1.54, 1.807) is 6.92 Å². The second-order valence-corrected chi connectivity index (χ2v) is 4.63. The molecule has 0 aliphatic carbocycles. The maximum absolute atomic E-state index is 12.1. The Kier molecular flexibility index (Phi) is 5.79. The SMILES string of the molecule is C=C(C)CCOC(C)C(=O)c1ccc(CC)cc1. The summed E-state index contributed by atoms with van der Waals surface area (Å²) in [5, 5.41) is 0. The minimum absolute atomic E-state index is 0.0411. The molecule has 0 bridgehead atoms. The monoisotopic (exact) mass is 246 g/mol. The third-order valence-electron chi connectivity index (χ3n) is 2.91. The van der Waals surface area contributed by atoms with Gasteiger partial charge in [0.25, 0.3) is 0 Å². The summed E-state index contributed by atoms with van der Waals surface area (Å²) in [5.74, 6) is 0.0411. The zero-order valence-electron chi connectivity index (χ0n) is 11.5. The molecule has 2 heteroatoms. The summed E-state index contributed by atoms with van der Waals surface area (Å²) in [6.07, 6.45) is 1.39. The number of ketones is 1. The van der Waals surface area contributed by atoms with Crippen LogP contribution in [0.2, 0.25) is 0 Å². The molecule has 1 rings (SSSR count). The Morgan fingerprint density at radius 2 is 1.94 bits per heavy atom. The molecule has 2 nitrogen and oxygen atoms in total. The Balaban J connectivity index is 2.54. The normalized spacial score (nSPS) is 12.2. The van der Waals surface area contributed by atoms with Crippen LogP contribution in [0, 0.1) is 0 Å². The average molecular weight is 246 g/mol. The predicted molar refractivity (Wildman–Crippen MR) is 75.0 cm³/mol. The van der Waals surface area contributed by atoms with Crippen molar-refractivity contribution in [3.05, 3.63) is 47.5 Å². The number of Topliss-reactive ketones (excluding diaryl/α,β-unsaturated/α-hetero) is 1. The van der Waals surface area contributed by atoms with Crippen molar-refractivity contribution in [2.24, 2.45) is 0 Å². The summed E-state index contributed by atoms with van der Waals surface area (Å²) in [7, 11) is 0. The van der Waals surface area contributed by atoms with Gasteiger partial charge in [-0.2, -0.15) is 0 Å². The molecule has 0 aliphatic rings. The Morgan fingerprint density at radius 1 is 1.33 bits per heavy atom. The molecule has 0 aliphatic heterocycles. The van der Waals surface area contributed by atoms with Gasteiger partial charge in [0.15, 0.2) is 5.78 Å². The van der Waals surface area contributed by atoms with Crippen molar-refractivity contribution >= 4 is 5.78 Å². The quantitative estimate of drug-likeness (QED) is 0.540. The highest BCUT2D eigenvalue weighted by molar-refractivity contribution is 5.99. The van der Waals surface area contributed by atoms with Gasteiger partial charge in [-0.25, -0.2) is 0 Å². The van der Waals surface area contributed by atoms with Crippen molar-refractivity contribution in [1.82, 2.24) is 0 Å². The van der Waals surface area contributed by atoms with Crippen LogP contribution < -0.4 is 0 Å². The van der Waals surface area contributed by atoms with Crippen molar-refractivity contribution in [3.8, 4) is 0 Å². The highest BCUT2D eigenvalue weighted by Gasteiger charge is 2.15. The highest BCUT2D eigenvalue weighted by Crippen LogP contribution is 2.10. The fourth-order valence-electron chi connectivity index (χ4n) is 1.63. The molecule has 0 amide bonds. The van der Waals surface area contributed by atoms with Crippen LogP contribution in [0.3, 0.4) is 0 Å². The molecule has 18 heavy (non-hydrogen) atoms. The van der Waals surface area contributed by atoms with Gasteiger partial charge < -0.3 is 4.74 Å². The number of hydrogen-bond acceptors (Lipinski definition) is 2. The van der Waals surface area contributed by atoms with Crippen LogP contribution >= 0.6 is 0 Å². The molecule has 0 radical (unpaired) electrons. The van der Waals surface area contributed by atoms with Gasteiger partial charge in [0, 0.05) is 5.56 Å². The minimum Gasteiger partial charge on any atom is -0.370 e. The molecule has 98 valence electrons. The van der Waals surface area contributed by atoms with E-state index in [9.17, 15) is 4.79 Å². The summed E-state index contributed by atoms with van der Waals surface area (Å²) in [6, 6.07) is 7.74. The average Bonchev–Trinajstić information content (AvgIpc) is 2.37. The number of ether oxygens (including phenoxy) is 1. The van der Waals surface area contributed by atoms with E-state index in [1.807, 2.05) is 31.2 Å². The number of aryl methyl sites for hydroxylation is 1. The van der Waals surface area contributed by atoms with Gasteiger partial charge in [-0.3, -0.25) is 4.79 Å². The maximum Gasteiger partial charge on any atom is 0.191 e. The van der Waals surface area contributed by atoms with Crippen molar-refractivity contribution in [2.45, 2.75) is 39.7 Å². The molecule has 1 aromatic rings. The van der Waals surface area contributed by atoms with E-state index in [2.05, 4.69) is 13.5 Å². The van der Waals surface area contributed by atoms with Crippen LogP contribution in [-0.4, -0.2) is 18.5 Å². The summed E-state index contributed by atoms with van der Waals surface area (Å²) in [6.45, 7) is 10.2. The number of benzene rings is 1. The van der Waals surface area contributed by atoms with Crippen molar-refractivity contribution in [2.75, 3.05) is 6.61 Å². The van der Waals surface area contributed by atoms with Gasteiger partial charge in [-0.1, -0.05) is 36.8 Å². The molecule has 1 unspecified atom stereocenters. The Bertz CT molecular complexity index is 404. The first-order valence-electron chi connectivity index (χ1n) is 6.43. The van der Waals surface area contributed by atoms with E-state index in [-0.39, 0.29) is 5.78 Å². The van der Waals surface area contributed by atoms with E-state index in [0.29, 0.717) is 6.61 Å². The van der Waals surface area contributed by atoms with E-state index >= 15 is 0 Å². The number of hydrogen-bond donors (Lipinski definition) is 0. The van der Waals surface area contributed by atoms with Gasteiger partial charge in [0.2, 0.25) is 0 Å². The summed E-state index contributed by atoms with van der Waals surface area (Å²) < 4.78 is 5.52. The highest BCUT2D eigenvalue weighted by atomic mass is 16.5. The lowest BCUT2D eigenvalue weighted by atomic mass is 10.0. The lowest BCUT2D eigenvalue weighted by molar-refractivity contribution is 0.0487. The first kappa shape index (κ1) is 14.7. The smallest absolute Gasteiger partial charge is 0.191 e. The van der Waals surface area contributed by atoms with Gasteiger partial charge in [-0.15, -0.1) is 6.58 Å². The van der Waals surface area contributed by atoms with Crippen molar-refractivity contribution in [1.29, 1.82) is 0 Å². The molecule has 1 aromatic carbocycles. The summed E-state index contributed by atoms with van der Waals surface area (Å²) in [5.41, 5.74) is 3.03. The Hall–Kier alpha value is -1.41. The van der Waals surface area contributed by atoms with Crippen LogP contribution in [-0.2, 0) is 11.2 Å². The predicted octanol–water partition coefficient (Wildman–Crippen LogP) is 3.80.